The molecule has 2 aliphatic rings. The maximum atomic E-state index is 6.21. The Kier molecular flexibility index (Phi) is 4.94. The van der Waals surface area contributed by atoms with Crippen molar-refractivity contribution < 1.29 is 9.31 Å². The van der Waals surface area contributed by atoms with Crippen LogP contribution in [0.25, 0.3) is 5.70 Å². The SMILES string of the molecule is CC[N+](CC)=C1C=CC2=NCc3ccccc3/C(N)=C\COC2=C1. The Hall–Kier alpha value is -2.62. The molecule has 0 aromatic heterocycles. The maximum Gasteiger partial charge on any atom is 0.203 e. The maximum absolute atomic E-state index is 6.21. The van der Waals surface area contributed by atoms with Crippen LogP contribution in [0, 0.1) is 0 Å². The molecule has 3 rings (SSSR count). The quantitative estimate of drug-likeness (QED) is 0.672. The summed E-state index contributed by atoms with van der Waals surface area (Å²) in [4.78, 5) is 4.75. The van der Waals surface area contributed by atoms with Crippen LogP contribution in [0.4, 0.5) is 0 Å². The minimum atomic E-state index is 0.435. The third kappa shape index (κ3) is 3.32. The number of rotatable bonds is 2. The fraction of sp³-hybridized carbons (Fsp3) is 0.300. The van der Waals surface area contributed by atoms with Gasteiger partial charge in [0, 0.05) is 17.3 Å². The van der Waals surface area contributed by atoms with Gasteiger partial charge in [-0.15, -0.1) is 0 Å². The highest BCUT2D eigenvalue weighted by atomic mass is 16.5. The number of nitrogens with zero attached hydrogens (tertiary/aromatic N) is 2. The zero-order valence-electron chi connectivity index (χ0n) is 14.3. The van der Waals surface area contributed by atoms with Crippen molar-refractivity contribution in [2.24, 2.45) is 10.7 Å². The van der Waals surface area contributed by atoms with Crippen molar-refractivity contribution in [3.63, 3.8) is 0 Å². The highest BCUT2D eigenvalue weighted by molar-refractivity contribution is 6.19. The summed E-state index contributed by atoms with van der Waals surface area (Å²) in [6, 6.07) is 8.12. The normalized spacial score (nSPS) is 19.1. The molecule has 1 heterocycles. The predicted octanol–water partition coefficient (Wildman–Crippen LogP) is 2.90. The largest absolute Gasteiger partial charge is 0.487 e. The summed E-state index contributed by atoms with van der Waals surface area (Å²) in [5.41, 5.74) is 11.2. The van der Waals surface area contributed by atoms with E-state index in [2.05, 4.69) is 36.6 Å². The van der Waals surface area contributed by atoms with Crippen LogP contribution in [-0.4, -0.2) is 35.7 Å². The topological polar surface area (TPSA) is 50.6 Å². The lowest BCUT2D eigenvalue weighted by molar-refractivity contribution is -0.519. The van der Waals surface area contributed by atoms with Crippen LogP contribution >= 0.6 is 0 Å². The smallest absolute Gasteiger partial charge is 0.203 e. The van der Waals surface area contributed by atoms with Crippen LogP contribution in [0.3, 0.4) is 0 Å². The van der Waals surface area contributed by atoms with Crippen LogP contribution in [-0.2, 0) is 11.3 Å². The second kappa shape index (κ2) is 7.30. The molecule has 0 saturated heterocycles. The summed E-state index contributed by atoms with van der Waals surface area (Å²) in [6.07, 6.45) is 8.15. The van der Waals surface area contributed by atoms with Gasteiger partial charge < -0.3 is 10.5 Å². The number of ether oxygens (including phenoxy) is 1. The van der Waals surface area contributed by atoms with Crippen molar-refractivity contribution in [2.75, 3.05) is 19.7 Å². The molecule has 0 atom stereocenters. The monoisotopic (exact) mass is 322 g/mol. The zero-order chi connectivity index (χ0) is 16.9. The summed E-state index contributed by atoms with van der Waals surface area (Å²) in [5.74, 6) is 0.808. The Labute approximate surface area is 143 Å². The fourth-order valence-electron chi connectivity index (χ4n) is 2.98. The highest BCUT2D eigenvalue weighted by Crippen LogP contribution is 2.20. The molecule has 1 aliphatic carbocycles. The molecule has 0 amide bonds. The average molecular weight is 322 g/mol. The van der Waals surface area contributed by atoms with Gasteiger partial charge in [-0.25, -0.2) is 4.58 Å². The van der Waals surface area contributed by atoms with E-state index in [1.165, 1.54) is 0 Å². The molecule has 0 spiro atoms. The highest BCUT2D eigenvalue weighted by Gasteiger charge is 2.18. The van der Waals surface area contributed by atoms with Gasteiger partial charge >= 0.3 is 0 Å². The predicted molar refractivity (Wildman–Crippen MR) is 99.3 cm³/mol. The van der Waals surface area contributed by atoms with E-state index in [4.69, 9.17) is 15.5 Å². The third-order valence-corrected chi connectivity index (χ3v) is 4.36. The first-order chi connectivity index (χ1) is 11.7. The van der Waals surface area contributed by atoms with Crippen molar-refractivity contribution >= 4 is 17.1 Å². The summed E-state index contributed by atoms with van der Waals surface area (Å²) < 4.78 is 8.25. The lowest BCUT2D eigenvalue weighted by Gasteiger charge is -2.16. The Balaban J connectivity index is 2.00. The number of allylic oxidation sites excluding steroid dienone is 3. The molecule has 1 aromatic rings. The van der Waals surface area contributed by atoms with Gasteiger partial charge in [0.05, 0.1) is 12.6 Å². The van der Waals surface area contributed by atoms with Gasteiger partial charge in [0.2, 0.25) is 5.71 Å². The molecule has 1 aliphatic heterocycles. The van der Waals surface area contributed by atoms with Crippen molar-refractivity contribution in [3.8, 4) is 0 Å². The summed E-state index contributed by atoms with van der Waals surface area (Å²) in [6.45, 7) is 7.26. The van der Waals surface area contributed by atoms with E-state index in [1.54, 1.807) is 0 Å². The van der Waals surface area contributed by atoms with E-state index >= 15 is 0 Å². The minimum Gasteiger partial charge on any atom is -0.487 e. The van der Waals surface area contributed by atoms with Crippen LogP contribution < -0.4 is 5.73 Å². The Morgan fingerprint density at radius 2 is 1.96 bits per heavy atom. The number of nitrogens with two attached hydrogens (primary N) is 1. The second-order valence-electron chi connectivity index (χ2n) is 5.77. The molecule has 0 fully saturated rings. The number of hydrogen-bond acceptors (Lipinski definition) is 3. The van der Waals surface area contributed by atoms with Crippen molar-refractivity contribution in [2.45, 2.75) is 20.4 Å². The van der Waals surface area contributed by atoms with Gasteiger partial charge in [0.25, 0.3) is 0 Å². The van der Waals surface area contributed by atoms with E-state index in [9.17, 15) is 0 Å². The Morgan fingerprint density at radius 1 is 1.17 bits per heavy atom. The molecular formula is C20H24N3O+. The van der Waals surface area contributed by atoms with Gasteiger partial charge in [0.15, 0.2) is 5.76 Å². The molecule has 1 aromatic carbocycles. The van der Waals surface area contributed by atoms with Crippen molar-refractivity contribution in [3.05, 3.63) is 65.5 Å². The molecule has 4 heteroatoms. The van der Waals surface area contributed by atoms with Gasteiger partial charge in [-0.2, -0.15) is 0 Å². The molecular weight excluding hydrogens is 298 g/mol. The van der Waals surface area contributed by atoms with Gasteiger partial charge in [-0.05, 0) is 31.6 Å². The van der Waals surface area contributed by atoms with Crippen molar-refractivity contribution in [1.82, 2.24) is 0 Å². The van der Waals surface area contributed by atoms with Gasteiger partial charge in [-0.1, -0.05) is 24.3 Å². The van der Waals surface area contributed by atoms with E-state index < -0.39 is 0 Å². The fourth-order valence-corrected chi connectivity index (χ4v) is 2.98. The molecule has 0 saturated carbocycles. The first-order valence-corrected chi connectivity index (χ1v) is 8.46. The van der Waals surface area contributed by atoms with E-state index in [-0.39, 0.29) is 0 Å². The van der Waals surface area contributed by atoms with Gasteiger partial charge in [0.1, 0.15) is 25.4 Å². The molecule has 124 valence electrons. The van der Waals surface area contributed by atoms with Crippen molar-refractivity contribution in [1.29, 1.82) is 0 Å². The van der Waals surface area contributed by atoms with E-state index in [1.807, 2.05) is 30.4 Å². The lowest BCUT2D eigenvalue weighted by atomic mass is 10.0. The molecule has 2 N–H and O–H groups in total. The third-order valence-electron chi connectivity index (χ3n) is 4.36. The van der Waals surface area contributed by atoms with E-state index in [0.29, 0.717) is 13.2 Å². The lowest BCUT2D eigenvalue weighted by Crippen LogP contribution is -2.22. The summed E-state index contributed by atoms with van der Waals surface area (Å²) in [5, 5.41) is 0. The summed E-state index contributed by atoms with van der Waals surface area (Å²) >= 11 is 0. The molecule has 0 radical (unpaired) electrons. The summed E-state index contributed by atoms with van der Waals surface area (Å²) in [7, 11) is 0. The molecule has 24 heavy (non-hydrogen) atoms. The van der Waals surface area contributed by atoms with Crippen LogP contribution in [0.15, 0.2) is 59.3 Å². The number of fused-ring (bicyclic) bond motifs is 2. The first-order valence-electron chi connectivity index (χ1n) is 8.46. The second-order valence-corrected chi connectivity index (χ2v) is 5.77. The van der Waals surface area contributed by atoms with E-state index in [0.717, 1.165) is 47.1 Å². The van der Waals surface area contributed by atoms with Crippen LogP contribution in [0.2, 0.25) is 0 Å². The van der Waals surface area contributed by atoms with Crippen LogP contribution in [0.1, 0.15) is 25.0 Å². The standard InChI is InChI=1S/C20H24N3O/c1-3-23(4-2)16-9-10-19-20(13-16)24-12-11-18(21)17-8-6-5-7-15(17)14-22-19/h5-11,13H,3-4,12,14,21H2,1-2H3/q+1/b18-11+,22-19?. The number of benzene rings is 1. The number of hydrogen-bond donors (Lipinski definition) is 1. The zero-order valence-corrected chi connectivity index (χ0v) is 14.3. The molecule has 4 nitrogen and oxygen atoms in total. The Bertz CT molecular complexity index is 776. The molecule has 0 unspecified atom stereocenters. The average Bonchev–Trinajstić information content (AvgIpc) is 2.62. The number of aliphatic imine (C=N–C) groups is 1. The minimum absolute atomic E-state index is 0.435. The van der Waals surface area contributed by atoms with Gasteiger partial charge in [-0.3, -0.25) is 4.99 Å². The first kappa shape index (κ1) is 16.2. The Morgan fingerprint density at radius 3 is 2.75 bits per heavy atom. The molecule has 0 bridgehead atoms. The van der Waals surface area contributed by atoms with Crippen LogP contribution in [0.5, 0.6) is 0 Å².